The van der Waals surface area contributed by atoms with Crippen molar-refractivity contribution in [3.05, 3.63) is 194 Å². The smallest absolute Gasteiger partial charge is 0.164 e. The molecule has 11 rings (SSSR count). The van der Waals surface area contributed by atoms with Crippen molar-refractivity contribution in [2.24, 2.45) is 0 Å². The van der Waals surface area contributed by atoms with Crippen molar-refractivity contribution in [2.75, 3.05) is 0 Å². The van der Waals surface area contributed by atoms with Crippen molar-refractivity contribution >= 4 is 43.7 Å². The lowest BCUT2D eigenvalue weighted by atomic mass is 9.97. The van der Waals surface area contributed by atoms with Gasteiger partial charge in [-0.3, -0.25) is 0 Å². The highest BCUT2D eigenvalue weighted by molar-refractivity contribution is 6.10. The maximum atomic E-state index is 9.96. The standard InChI is InChI=1S/C51H32N4O/c1-3-14-33(15-4-1)34-16-13-17-36(30-34)49-52-50(37-27-29-43-42-22-10-12-25-47(42)56-48(43)32-37)54-51(53-49)44-23-8-7-20-39(44)35-26-28-41-40-21-9-11-24-45(40)55(46(41)31-35)38-18-5-2-6-19-38/h1-32H/i2D,5D,6D,9D,11D,18D,19D,21D,24D,26D,28D,31D. The predicted molar refractivity (Wildman–Crippen MR) is 229 cm³/mol. The minimum atomic E-state index is -0.715. The van der Waals surface area contributed by atoms with Gasteiger partial charge in [-0.2, -0.15) is 0 Å². The molecule has 56 heavy (non-hydrogen) atoms. The van der Waals surface area contributed by atoms with E-state index >= 15 is 0 Å². The predicted octanol–water partition coefficient (Wildman–Crippen LogP) is 13.2. The van der Waals surface area contributed by atoms with Crippen LogP contribution in [0.3, 0.4) is 0 Å². The Bertz CT molecular complexity index is 3940. The Kier molecular flexibility index (Phi) is 5.10. The van der Waals surface area contributed by atoms with Gasteiger partial charge in [0.15, 0.2) is 17.5 Å². The van der Waals surface area contributed by atoms with Crippen LogP contribution >= 0.6 is 0 Å². The molecular formula is C51H32N4O. The van der Waals surface area contributed by atoms with E-state index < -0.39 is 78.2 Å². The van der Waals surface area contributed by atoms with Gasteiger partial charge in [-0.15, -0.1) is 0 Å². The van der Waals surface area contributed by atoms with Crippen LogP contribution in [0.4, 0.5) is 0 Å². The monoisotopic (exact) mass is 728 g/mol. The molecule has 0 aliphatic heterocycles. The number of aromatic nitrogens is 4. The number of furan rings is 1. The molecule has 0 aliphatic rings. The average Bonchev–Trinajstić information content (AvgIpc) is 3.92. The molecule has 3 heterocycles. The van der Waals surface area contributed by atoms with Gasteiger partial charge in [0.2, 0.25) is 0 Å². The quantitative estimate of drug-likeness (QED) is 0.171. The van der Waals surface area contributed by atoms with E-state index in [1.807, 2.05) is 97.1 Å². The normalized spacial score (nSPS) is 14.6. The summed E-state index contributed by atoms with van der Waals surface area (Å²) in [6, 6.07) is 30.3. The Morgan fingerprint density at radius 1 is 0.411 bits per heavy atom. The third kappa shape index (κ3) is 5.37. The van der Waals surface area contributed by atoms with Gasteiger partial charge in [0.05, 0.1) is 27.5 Å². The van der Waals surface area contributed by atoms with E-state index in [0.717, 1.165) is 32.0 Å². The third-order valence-corrected chi connectivity index (χ3v) is 9.81. The maximum absolute atomic E-state index is 9.96. The molecule has 0 saturated carbocycles. The minimum absolute atomic E-state index is 0.122. The number of para-hydroxylation sites is 3. The molecule has 11 aromatic rings. The highest BCUT2D eigenvalue weighted by Gasteiger charge is 2.19. The van der Waals surface area contributed by atoms with Crippen LogP contribution in [0.1, 0.15) is 16.4 Å². The molecular weight excluding hydrogens is 685 g/mol. The van der Waals surface area contributed by atoms with Gasteiger partial charge in [0.1, 0.15) is 11.2 Å². The molecule has 0 atom stereocenters. The van der Waals surface area contributed by atoms with Crippen molar-refractivity contribution in [1.82, 2.24) is 19.5 Å². The number of rotatable bonds is 6. The van der Waals surface area contributed by atoms with Gasteiger partial charge in [-0.05, 0) is 70.7 Å². The summed E-state index contributed by atoms with van der Waals surface area (Å²) in [5.41, 5.74) is 3.87. The van der Waals surface area contributed by atoms with Crippen LogP contribution in [0.15, 0.2) is 198 Å². The first kappa shape index (κ1) is 21.9. The zero-order valence-electron chi connectivity index (χ0n) is 41.2. The van der Waals surface area contributed by atoms with Crippen LogP contribution in [0.5, 0.6) is 0 Å². The summed E-state index contributed by atoms with van der Waals surface area (Å²) in [7, 11) is 0. The maximum Gasteiger partial charge on any atom is 0.164 e. The van der Waals surface area contributed by atoms with Gasteiger partial charge in [-0.1, -0.05) is 145 Å². The zero-order valence-corrected chi connectivity index (χ0v) is 29.2. The van der Waals surface area contributed by atoms with Gasteiger partial charge in [-0.25, -0.2) is 15.0 Å². The van der Waals surface area contributed by atoms with Crippen LogP contribution in [-0.4, -0.2) is 19.5 Å². The molecule has 0 amide bonds. The minimum Gasteiger partial charge on any atom is -0.456 e. The second-order valence-electron chi connectivity index (χ2n) is 13.1. The first-order chi connectivity index (χ1) is 32.7. The fourth-order valence-corrected chi connectivity index (χ4v) is 7.21. The lowest BCUT2D eigenvalue weighted by molar-refractivity contribution is 0.669. The summed E-state index contributed by atoms with van der Waals surface area (Å²) >= 11 is 0. The van der Waals surface area contributed by atoms with Crippen molar-refractivity contribution in [3.8, 4) is 62.1 Å². The number of nitrogens with zero attached hydrogens (tertiary/aromatic N) is 4. The van der Waals surface area contributed by atoms with Gasteiger partial charge >= 0.3 is 0 Å². The zero-order chi connectivity index (χ0) is 47.4. The summed E-state index contributed by atoms with van der Waals surface area (Å²) in [5, 5.41) is 1.39. The van der Waals surface area contributed by atoms with Gasteiger partial charge < -0.3 is 8.98 Å². The molecule has 8 aromatic carbocycles. The van der Waals surface area contributed by atoms with E-state index in [0.29, 0.717) is 28.1 Å². The molecule has 262 valence electrons. The summed E-state index contributed by atoms with van der Waals surface area (Å²) in [5.74, 6) is 0.734. The first-order valence-corrected chi connectivity index (χ1v) is 17.8. The number of hydrogen-bond donors (Lipinski definition) is 0. The summed E-state index contributed by atoms with van der Waals surface area (Å²) in [6.07, 6.45) is 0. The van der Waals surface area contributed by atoms with Gasteiger partial charge in [0, 0.05) is 43.9 Å². The fourth-order valence-electron chi connectivity index (χ4n) is 7.21. The second kappa shape index (κ2) is 13.0. The van der Waals surface area contributed by atoms with Crippen molar-refractivity contribution in [3.63, 3.8) is 0 Å². The van der Waals surface area contributed by atoms with Crippen LogP contribution < -0.4 is 0 Å². The topological polar surface area (TPSA) is 56.7 Å². The molecule has 3 aromatic heterocycles. The van der Waals surface area contributed by atoms with E-state index in [1.165, 1.54) is 0 Å². The largest absolute Gasteiger partial charge is 0.456 e. The summed E-state index contributed by atoms with van der Waals surface area (Å²) in [4.78, 5) is 15.1. The lowest BCUT2D eigenvalue weighted by Crippen LogP contribution is -2.01. The lowest BCUT2D eigenvalue weighted by Gasteiger charge is -2.13. The van der Waals surface area contributed by atoms with E-state index in [4.69, 9.17) is 31.7 Å². The Morgan fingerprint density at radius 2 is 1.07 bits per heavy atom. The number of benzene rings is 8. The molecule has 0 radical (unpaired) electrons. The number of fused-ring (bicyclic) bond motifs is 6. The SMILES string of the molecule is [2H]c1c([2H])c([2H])c(-n2c3c([2H])c([2H])c([2H])c([2H])c3c3c([2H])c([2H])c(-c4ccccc4-c4nc(-c5cccc(-c6ccccc6)c5)nc(-c5ccc6c(c5)oc5ccccc56)n4)c([2H])c32)c([2H])c1[2H]. The van der Waals surface area contributed by atoms with Crippen LogP contribution in [0, 0.1) is 0 Å². The fraction of sp³-hybridized carbons (Fsp3) is 0. The Hall–Kier alpha value is -7.63. The number of hydrogen-bond acceptors (Lipinski definition) is 4. The molecule has 0 spiro atoms. The molecule has 0 bridgehead atoms. The van der Waals surface area contributed by atoms with E-state index in [1.54, 1.807) is 24.3 Å². The molecule has 5 heteroatoms. The van der Waals surface area contributed by atoms with Crippen molar-refractivity contribution in [2.45, 2.75) is 0 Å². The Balaban J connectivity index is 1.20. The third-order valence-electron chi connectivity index (χ3n) is 9.81. The Labute approximate surface area is 339 Å². The molecule has 0 fully saturated rings. The van der Waals surface area contributed by atoms with Crippen molar-refractivity contribution in [1.29, 1.82) is 0 Å². The second-order valence-corrected chi connectivity index (χ2v) is 13.1. The van der Waals surface area contributed by atoms with Crippen LogP contribution in [0.25, 0.3) is 106 Å². The molecule has 5 nitrogen and oxygen atoms in total. The van der Waals surface area contributed by atoms with Crippen LogP contribution in [0.2, 0.25) is 0 Å². The highest BCUT2D eigenvalue weighted by Crippen LogP contribution is 2.39. The molecule has 0 unspecified atom stereocenters. The summed E-state index contributed by atoms with van der Waals surface area (Å²) < 4.78 is 115. The van der Waals surface area contributed by atoms with Crippen LogP contribution in [-0.2, 0) is 0 Å². The highest BCUT2D eigenvalue weighted by atomic mass is 16.3. The molecule has 0 aliphatic carbocycles. The average molecular weight is 729 g/mol. The van der Waals surface area contributed by atoms with Gasteiger partial charge in [0.25, 0.3) is 0 Å². The van der Waals surface area contributed by atoms with Crippen molar-refractivity contribution < 1.29 is 20.9 Å². The Morgan fingerprint density at radius 3 is 1.95 bits per heavy atom. The molecule has 0 N–H and O–H groups in total. The molecule has 0 saturated heterocycles. The van der Waals surface area contributed by atoms with E-state index in [-0.39, 0.29) is 44.6 Å². The first-order valence-electron chi connectivity index (χ1n) is 23.8. The van der Waals surface area contributed by atoms with E-state index in [9.17, 15) is 4.11 Å². The summed E-state index contributed by atoms with van der Waals surface area (Å²) in [6.45, 7) is 0. The van der Waals surface area contributed by atoms with E-state index in [2.05, 4.69) is 0 Å².